The number of imide groups is 1. The quantitative estimate of drug-likeness (QED) is 0.746. The van der Waals surface area contributed by atoms with Crippen LogP contribution in [-0.4, -0.2) is 45.4 Å². The molecule has 24 heavy (non-hydrogen) atoms. The molecule has 1 aromatic carbocycles. The first-order valence-corrected chi connectivity index (χ1v) is 7.50. The maximum atomic E-state index is 12.3. The zero-order chi connectivity index (χ0) is 16.9. The highest BCUT2D eigenvalue weighted by atomic mass is 16.2. The van der Waals surface area contributed by atoms with E-state index < -0.39 is 11.9 Å². The van der Waals surface area contributed by atoms with E-state index in [2.05, 4.69) is 15.6 Å². The number of carbonyl (C=O) groups excluding carboxylic acids is 3. The molecule has 1 aromatic heterocycles. The molecule has 1 atom stereocenters. The summed E-state index contributed by atoms with van der Waals surface area (Å²) in [6, 6.07) is 8.74. The first-order chi connectivity index (χ1) is 11.6. The van der Waals surface area contributed by atoms with Crippen molar-refractivity contribution in [2.45, 2.75) is 12.6 Å². The van der Waals surface area contributed by atoms with Gasteiger partial charge in [-0.05, 0) is 5.56 Å². The van der Waals surface area contributed by atoms with E-state index in [1.165, 1.54) is 4.90 Å². The number of imidazole rings is 1. The van der Waals surface area contributed by atoms with E-state index >= 15 is 0 Å². The molecule has 1 fully saturated rings. The van der Waals surface area contributed by atoms with Crippen LogP contribution in [0, 0.1) is 0 Å². The van der Waals surface area contributed by atoms with Gasteiger partial charge in [0.05, 0.1) is 12.4 Å². The van der Waals surface area contributed by atoms with Crippen molar-refractivity contribution in [2.75, 3.05) is 13.1 Å². The Bertz CT molecular complexity index is 729. The zero-order valence-corrected chi connectivity index (χ0v) is 12.9. The number of aromatic nitrogens is 2. The third-order valence-electron chi connectivity index (χ3n) is 3.69. The summed E-state index contributed by atoms with van der Waals surface area (Å²) in [5.74, 6) is -0.723. The number of amides is 4. The van der Waals surface area contributed by atoms with Gasteiger partial charge < -0.3 is 14.8 Å². The number of hydrogen-bond acceptors (Lipinski definition) is 4. The topological polar surface area (TPSA) is 96.3 Å². The zero-order valence-electron chi connectivity index (χ0n) is 12.9. The summed E-state index contributed by atoms with van der Waals surface area (Å²) in [6.07, 6.45) is 5.16. The van der Waals surface area contributed by atoms with Gasteiger partial charge >= 0.3 is 6.03 Å². The largest absolute Gasteiger partial charge is 0.346 e. The van der Waals surface area contributed by atoms with Crippen LogP contribution in [0.1, 0.15) is 11.6 Å². The molecule has 0 bridgehead atoms. The first kappa shape index (κ1) is 15.7. The van der Waals surface area contributed by atoms with Crippen LogP contribution in [0.15, 0.2) is 49.1 Å². The predicted octanol–water partition coefficient (Wildman–Crippen LogP) is 0.292. The van der Waals surface area contributed by atoms with E-state index in [4.69, 9.17) is 0 Å². The van der Waals surface area contributed by atoms with Gasteiger partial charge in [-0.2, -0.15) is 0 Å². The fourth-order valence-electron chi connectivity index (χ4n) is 2.55. The van der Waals surface area contributed by atoms with Crippen molar-refractivity contribution in [3.05, 3.63) is 54.6 Å². The fraction of sp³-hybridized carbons (Fsp3) is 0.250. The van der Waals surface area contributed by atoms with Gasteiger partial charge in [-0.1, -0.05) is 30.3 Å². The third kappa shape index (κ3) is 3.78. The number of nitrogens with zero attached hydrogens (tertiary/aromatic N) is 3. The summed E-state index contributed by atoms with van der Waals surface area (Å²) in [5.41, 5.74) is 0.946. The fourth-order valence-corrected chi connectivity index (χ4v) is 2.55. The van der Waals surface area contributed by atoms with Gasteiger partial charge in [-0.25, -0.2) is 9.78 Å². The van der Waals surface area contributed by atoms with E-state index in [9.17, 15) is 14.4 Å². The van der Waals surface area contributed by atoms with Crippen molar-refractivity contribution >= 4 is 17.8 Å². The Labute approximate surface area is 138 Å². The Morgan fingerprint density at radius 2 is 2.08 bits per heavy atom. The normalized spacial score (nSPS) is 15.2. The second kappa shape index (κ2) is 6.95. The predicted molar refractivity (Wildman–Crippen MR) is 84.7 cm³/mol. The van der Waals surface area contributed by atoms with E-state index in [0.717, 1.165) is 5.56 Å². The molecular weight excluding hydrogens is 310 g/mol. The summed E-state index contributed by atoms with van der Waals surface area (Å²) in [7, 11) is 0. The molecule has 2 heterocycles. The van der Waals surface area contributed by atoms with Crippen LogP contribution >= 0.6 is 0 Å². The van der Waals surface area contributed by atoms with Gasteiger partial charge in [0.1, 0.15) is 13.1 Å². The average Bonchev–Trinajstić information content (AvgIpc) is 3.17. The van der Waals surface area contributed by atoms with Crippen molar-refractivity contribution < 1.29 is 14.4 Å². The Balaban J connectivity index is 1.68. The van der Waals surface area contributed by atoms with Gasteiger partial charge in [0.25, 0.3) is 0 Å². The number of urea groups is 1. The van der Waals surface area contributed by atoms with Gasteiger partial charge in [-0.3, -0.25) is 14.9 Å². The molecule has 1 saturated heterocycles. The van der Waals surface area contributed by atoms with Crippen LogP contribution in [0.25, 0.3) is 0 Å². The summed E-state index contributed by atoms with van der Waals surface area (Å²) >= 11 is 0. The lowest BCUT2D eigenvalue weighted by Crippen LogP contribution is -2.41. The Hall–Kier alpha value is -3.16. The second-order valence-electron chi connectivity index (χ2n) is 5.50. The van der Waals surface area contributed by atoms with Gasteiger partial charge in [0.2, 0.25) is 11.8 Å². The van der Waals surface area contributed by atoms with Crippen LogP contribution < -0.4 is 10.6 Å². The van der Waals surface area contributed by atoms with Crippen LogP contribution in [0.3, 0.4) is 0 Å². The average molecular weight is 327 g/mol. The molecule has 1 aliphatic heterocycles. The van der Waals surface area contributed by atoms with Gasteiger partial charge in [0, 0.05) is 18.9 Å². The minimum Gasteiger partial charge on any atom is -0.346 e. The molecule has 8 nitrogen and oxygen atoms in total. The maximum absolute atomic E-state index is 12.3. The lowest BCUT2D eigenvalue weighted by atomic mass is 10.1. The Kier molecular flexibility index (Phi) is 4.55. The van der Waals surface area contributed by atoms with Crippen LogP contribution in [-0.2, 0) is 16.1 Å². The van der Waals surface area contributed by atoms with Crippen molar-refractivity contribution in [3.63, 3.8) is 0 Å². The number of rotatable bonds is 6. The molecule has 0 spiro atoms. The van der Waals surface area contributed by atoms with Crippen molar-refractivity contribution in [2.24, 2.45) is 0 Å². The highest BCUT2D eigenvalue weighted by Crippen LogP contribution is 2.15. The van der Waals surface area contributed by atoms with Gasteiger partial charge in [0.15, 0.2) is 0 Å². The summed E-state index contributed by atoms with van der Waals surface area (Å²) in [4.78, 5) is 40.2. The third-order valence-corrected chi connectivity index (χ3v) is 3.69. The molecular formula is C16H17N5O3. The molecule has 8 heteroatoms. The molecule has 0 saturated carbocycles. The van der Waals surface area contributed by atoms with Crippen LogP contribution in [0.5, 0.6) is 0 Å². The molecule has 124 valence electrons. The van der Waals surface area contributed by atoms with Gasteiger partial charge in [-0.15, -0.1) is 0 Å². The molecule has 4 amide bonds. The Morgan fingerprint density at radius 3 is 2.71 bits per heavy atom. The minimum absolute atomic E-state index is 0.0935. The molecule has 0 aliphatic carbocycles. The summed E-state index contributed by atoms with van der Waals surface area (Å²) in [5, 5.41) is 5.06. The first-order valence-electron chi connectivity index (χ1n) is 7.50. The second-order valence-corrected chi connectivity index (χ2v) is 5.50. The Morgan fingerprint density at radius 1 is 1.29 bits per heavy atom. The SMILES string of the molecule is O=C1CN(CC(=O)N[C@H](Cn2ccnc2)c2ccccc2)C(=O)N1. The minimum atomic E-state index is -0.541. The van der Waals surface area contributed by atoms with E-state index in [-0.39, 0.29) is 25.0 Å². The molecule has 0 unspecified atom stereocenters. The monoisotopic (exact) mass is 327 g/mol. The lowest BCUT2D eigenvalue weighted by molar-refractivity contribution is -0.122. The maximum Gasteiger partial charge on any atom is 0.325 e. The van der Waals surface area contributed by atoms with Crippen molar-refractivity contribution in [1.29, 1.82) is 0 Å². The number of nitrogens with one attached hydrogen (secondary N) is 2. The van der Waals surface area contributed by atoms with E-state index in [1.807, 2.05) is 41.1 Å². The lowest BCUT2D eigenvalue weighted by Gasteiger charge is -2.21. The standard InChI is InChI=1S/C16H17N5O3/c22-14(9-21-10-15(23)19-16(21)24)18-13(8-20-7-6-17-11-20)12-4-2-1-3-5-12/h1-7,11,13H,8-10H2,(H,18,22)(H,19,23,24)/t13-/m1/s1. The van der Waals surface area contributed by atoms with E-state index in [0.29, 0.717) is 6.54 Å². The molecule has 3 rings (SSSR count). The highest BCUT2D eigenvalue weighted by Gasteiger charge is 2.28. The molecule has 1 aliphatic rings. The van der Waals surface area contributed by atoms with Crippen LogP contribution in [0.2, 0.25) is 0 Å². The van der Waals surface area contributed by atoms with E-state index in [1.54, 1.807) is 12.5 Å². The highest BCUT2D eigenvalue weighted by molar-refractivity contribution is 6.03. The number of benzene rings is 1. The molecule has 2 N–H and O–H groups in total. The smallest absolute Gasteiger partial charge is 0.325 e. The molecule has 0 radical (unpaired) electrons. The number of carbonyl (C=O) groups is 3. The summed E-state index contributed by atoms with van der Waals surface area (Å²) in [6.45, 7) is 0.259. The van der Waals surface area contributed by atoms with Crippen molar-refractivity contribution in [1.82, 2.24) is 25.1 Å². The number of hydrogen-bond donors (Lipinski definition) is 2. The molecule has 2 aromatic rings. The van der Waals surface area contributed by atoms with Crippen LogP contribution in [0.4, 0.5) is 4.79 Å². The van der Waals surface area contributed by atoms with Crippen molar-refractivity contribution in [3.8, 4) is 0 Å². The summed E-state index contributed by atoms with van der Waals surface area (Å²) < 4.78 is 1.87.